The molecule has 2 N–H and O–H groups in total. The van der Waals surface area contributed by atoms with Crippen molar-refractivity contribution in [1.82, 2.24) is 10.6 Å². The third-order valence-corrected chi connectivity index (χ3v) is 3.02. The molecule has 1 heterocycles. The highest BCUT2D eigenvalue weighted by atomic mass is 16.6. The van der Waals surface area contributed by atoms with Gasteiger partial charge in [-0.3, -0.25) is 4.79 Å². The summed E-state index contributed by atoms with van der Waals surface area (Å²) in [5, 5.41) is 5.92. The third kappa shape index (κ3) is 5.46. The summed E-state index contributed by atoms with van der Waals surface area (Å²) >= 11 is 0. The summed E-state index contributed by atoms with van der Waals surface area (Å²) in [5.74, 6) is -0.340. The predicted octanol–water partition coefficient (Wildman–Crippen LogP) is 0.910. The van der Waals surface area contributed by atoms with Gasteiger partial charge >= 0.3 is 12.1 Å². The van der Waals surface area contributed by atoms with Crippen molar-refractivity contribution in [3.05, 3.63) is 0 Å². The molecule has 0 bridgehead atoms. The fourth-order valence-corrected chi connectivity index (χ4v) is 2.13. The second-order valence-corrected chi connectivity index (χ2v) is 5.77. The van der Waals surface area contributed by atoms with E-state index in [1.807, 2.05) is 20.8 Å². The fraction of sp³-hybridized carbons (Fsp3) is 0.846. The van der Waals surface area contributed by atoms with E-state index in [0.29, 0.717) is 13.1 Å². The summed E-state index contributed by atoms with van der Waals surface area (Å²) in [4.78, 5) is 23.2. The Morgan fingerprint density at radius 3 is 2.63 bits per heavy atom. The minimum atomic E-state index is -0.517. The second-order valence-electron chi connectivity index (χ2n) is 5.77. The predicted molar refractivity (Wildman–Crippen MR) is 70.7 cm³/mol. The lowest BCUT2D eigenvalue weighted by atomic mass is 9.86. The van der Waals surface area contributed by atoms with Gasteiger partial charge in [0.15, 0.2) is 0 Å². The number of nitrogens with one attached hydrogen (secondary N) is 2. The zero-order valence-electron chi connectivity index (χ0n) is 12.1. The highest BCUT2D eigenvalue weighted by molar-refractivity contribution is 5.73. The van der Waals surface area contributed by atoms with Crippen molar-refractivity contribution in [3.63, 3.8) is 0 Å². The molecule has 0 saturated carbocycles. The molecule has 1 saturated heterocycles. The average Bonchev–Trinajstić information content (AvgIpc) is 2.33. The van der Waals surface area contributed by atoms with Gasteiger partial charge in [0.1, 0.15) is 5.60 Å². The number of ether oxygens (including phenoxy) is 2. The molecule has 6 nitrogen and oxygen atoms in total. The van der Waals surface area contributed by atoms with E-state index < -0.39 is 11.7 Å². The van der Waals surface area contributed by atoms with Crippen LogP contribution in [0.15, 0.2) is 0 Å². The van der Waals surface area contributed by atoms with E-state index in [9.17, 15) is 9.59 Å². The summed E-state index contributed by atoms with van der Waals surface area (Å²) in [6.07, 6.45) is 0.273. The number of piperidine rings is 1. The zero-order valence-corrected chi connectivity index (χ0v) is 12.1. The molecule has 1 aliphatic rings. The summed E-state index contributed by atoms with van der Waals surface area (Å²) in [7, 11) is 1.39. The Bertz CT molecular complexity index is 325. The van der Waals surface area contributed by atoms with E-state index >= 15 is 0 Å². The molecule has 0 aliphatic carbocycles. The number of alkyl carbamates (subject to hydrolysis) is 1. The highest BCUT2D eigenvalue weighted by Crippen LogP contribution is 2.20. The smallest absolute Gasteiger partial charge is 0.407 e. The first-order valence-electron chi connectivity index (χ1n) is 6.59. The van der Waals surface area contributed by atoms with Crippen molar-refractivity contribution in [3.8, 4) is 0 Å². The average molecular weight is 272 g/mol. The van der Waals surface area contributed by atoms with Crippen LogP contribution in [0.1, 0.15) is 27.2 Å². The van der Waals surface area contributed by atoms with Crippen LogP contribution < -0.4 is 10.6 Å². The Morgan fingerprint density at radius 1 is 1.37 bits per heavy atom. The van der Waals surface area contributed by atoms with E-state index in [0.717, 1.165) is 13.0 Å². The molecule has 6 heteroatoms. The van der Waals surface area contributed by atoms with E-state index in [-0.39, 0.29) is 17.8 Å². The zero-order chi connectivity index (χ0) is 14.5. The van der Waals surface area contributed by atoms with Crippen molar-refractivity contribution >= 4 is 12.1 Å². The second kappa shape index (κ2) is 6.75. The molecule has 1 amide bonds. The number of carbonyl (C=O) groups excluding carboxylic acids is 2. The molecule has 0 spiro atoms. The molecule has 0 aromatic rings. The maximum Gasteiger partial charge on any atom is 0.407 e. The van der Waals surface area contributed by atoms with Crippen molar-refractivity contribution in [2.45, 2.75) is 32.8 Å². The fourth-order valence-electron chi connectivity index (χ4n) is 2.13. The van der Waals surface area contributed by atoms with Gasteiger partial charge in [-0.15, -0.1) is 0 Å². The van der Waals surface area contributed by atoms with Crippen LogP contribution in [0.3, 0.4) is 0 Å². The first kappa shape index (κ1) is 15.8. The quantitative estimate of drug-likeness (QED) is 0.747. The lowest BCUT2D eigenvalue weighted by Gasteiger charge is -2.30. The van der Waals surface area contributed by atoms with Crippen molar-refractivity contribution in [2.75, 3.05) is 26.7 Å². The van der Waals surface area contributed by atoms with E-state index in [4.69, 9.17) is 9.47 Å². The van der Waals surface area contributed by atoms with Crippen LogP contribution in [0.2, 0.25) is 0 Å². The lowest BCUT2D eigenvalue weighted by molar-refractivity contribution is -0.148. The van der Waals surface area contributed by atoms with Gasteiger partial charge in [0.05, 0.1) is 13.0 Å². The largest absolute Gasteiger partial charge is 0.469 e. The highest BCUT2D eigenvalue weighted by Gasteiger charge is 2.32. The Kier molecular flexibility index (Phi) is 5.60. The Balaban J connectivity index is 2.45. The van der Waals surface area contributed by atoms with Crippen LogP contribution in [0.5, 0.6) is 0 Å². The van der Waals surface area contributed by atoms with Gasteiger partial charge in [-0.25, -0.2) is 4.79 Å². The molecule has 0 aromatic heterocycles. The number of carbonyl (C=O) groups is 2. The van der Waals surface area contributed by atoms with Gasteiger partial charge in [-0.1, -0.05) is 0 Å². The van der Waals surface area contributed by atoms with Gasteiger partial charge in [0.25, 0.3) is 0 Å². The lowest BCUT2D eigenvalue weighted by Crippen LogP contribution is -2.46. The van der Waals surface area contributed by atoms with Crippen LogP contribution in [-0.4, -0.2) is 44.4 Å². The van der Waals surface area contributed by atoms with Crippen LogP contribution in [0.4, 0.5) is 4.79 Å². The summed E-state index contributed by atoms with van der Waals surface area (Å²) < 4.78 is 9.96. The number of esters is 1. The van der Waals surface area contributed by atoms with Crippen LogP contribution in [0, 0.1) is 11.8 Å². The molecule has 19 heavy (non-hydrogen) atoms. The number of methoxy groups -OCH3 is 1. The molecule has 110 valence electrons. The van der Waals surface area contributed by atoms with Crippen LogP contribution >= 0.6 is 0 Å². The first-order valence-corrected chi connectivity index (χ1v) is 6.59. The maximum absolute atomic E-state index is 11.7. The van der Waals surface area contributed by atoms with Crippen molar-refractivity contribution in [1.29, 1.82) is 0 Å². The van der Waals surface area contributed by atoms with Crippen LogP contribution in [0.25, 0.3) is 0 Å². The van der Waals surface area contributed by atoms with Crippen molar-refractivity contribution in [2.24, 2.45) is 11.8 Å². The van der Waals surface area contributed by atoms with E-state index in [1.165, 1.54) is 7.11 Å². The number of hydrogen-bond acceptors (Lipinski definition) is 5. The molecule has 0 unspecified atom stereocenters. The van der Waals surface area contributed by atoms with Gasteiger partial charge < -0.3 is 20.1 Å². The summed E-state index contributed by atoms with van der Waals surface area (Å²) in [6.45, 7) is 7.32. The molecule has 1 fully saturated rings. The number of rotatable bonds is 3. The number of hydrogen-bond donors (Lipinski definition) is 2. The normalized spacial score (nSPS) is 23.6. The first-order chi connectivity index (χ1) is 8.83. The number of amides is 1. The van der Waals surface area contributed by atoms with Gasteiger partial charge in [-0.2, -0.15) is 0 Å². The topological polar surface area (TPSA) is 76.7 Å². The van der Waals surface area contributed by atoms with Crippen LogP contribution in [-0.2, 0) is 14.3 Å². The Morgan fingerprint density at radius 2 is 2.05 bits per heavy atom. The maximum atomic E-state index is 11.7. The Hall–Kier alpha value is -1.30. The van der Waals surface area contributed by atoms with Gasteiger partial charge in [0.2, 0.25) is 0 Å². The molecule has 2 atom stereocenters. The molecule has 1 aliphatic heterocycles. The standard InChI is InChI=1S/C13H24N2O4/c1-13(2,3)19-12(17)15-8-9-7-14-6-5-10(9)11(16)18-4/h9-10,14H,5-8H2,1-4H3,(H,15,17)/t9-,10-/m1/s1. The molecular weight excluding hydrogens is 248 g/mol. The van der Waals surface area contributed by atoms with E-state index in [1.54, 1.807) is 0 Å². The van der Waals surface area contributed by atoms with Gasteiger partial charge in [0, 0.05) is 19.0 Å². The minimum Gasteiger partial charge on any atom is -0.469 e. The molecule has 0 radical (unpaired) electrons. The summed E-state index contributed by atoms with van der Waals surface area (Å²) in [5.41, 5.74) is -0.517. The van der Waals surface area contributed by atoms with Crippen molar-refractivity contribution < 1.29 is 19.1 Å². The summed E-state index contributed by atoms with van der Waals surface area (Å²) in [6, 6.07) is 0. The molecular formula is C13H24N2O4. The Labute approximate surface area is 114 Å². The SMILES string of the molecule is COC(=O)[C@@H]1CCNC[C@@H]1CNC(=O)OC(C)(C)C. The molecule has 0 aromatic carbocycles. The van der Waals surface area contributed by atoms with E-state index in [2.05, 4.69) is 10.6 Å². The third-order valence-electron chi connectivity index (χ3n) is 3.02. The monoisotopic (exact) mass is 272 g/mol. The molecule has 1 rings (SSSR count). The minimum absolute atomic E-state index is 0.0359. The van der Waals surface area contributed by atoms with Gasteiger partial charge in [-0.05, 0) is 33.7 Å².